The summed E-state index contributed by atoms with van der Waals surface area (Å²) < 4.78 is 41.1. The van der Waals surface area contributed by atoms with Gasteiger partial charge in [0.05, 0.1) is 13.2 Å². The van der Waals surface area contributed by atoms with Crippen LogP contribution in [0.15, 0.2) is 52.9 Å². The monoisotopic (exact) mass is 456 g/mol. The largest absolute Gasteiger partial charge is 0.454 e. The molecule has 2 aromatic carbocycles. The van der Waals surface area contributed by atoms with Gasteiger partial charge in [0.25, 0.3) is 0 Å². The lowest BCUT2D eigenvalue weighted by molar-refractivity contribution is 0.174. The van der Waals surface area contributed by atoms with Gasteiger partial charge in [0.15, 0.2) is 11.5 Å². The van der Waals surface area contributed by atoms with Crippen LogP contribution in [0.1, 0.15) is 30.9 Å². The zero-order valence-corrected chi connectivity index (χ0v) is 18.8. The fourth-order valence-electron chi connectivity index (χ4n) is 3.16. The molecule has 8 nitrogen and oxygen atoms in total. The lowest BCUT2D eigenvalue weighted by atomic mass is 10.2. The molecule has 0 radical (unpaired) electrons. The summed E-state index contributed by atoms with van der Waals surface area (Å²) in [6.07, 6.45) is 3.58. The van der Waals surface area contributed by atoms with Gasteiger partial charge in [0.1, 0.15) is 0 Å². The van der Waals surface area contributed by atoms with Gasteiger partial charge < -0.3 is 28.3 Å². The molecule has 0 unspecified atom stereocenters. The smallest absolute Gasteiger partial charge is 0.385 e. The molecule has 0 atom stereocenters. The third-order valence-electron chi connectivity index (χ3n) is 4.59. The maximum Gasteiger partial charge on any atom is 0.385 e. The molecule has 0 spiro atoms. The first-order chi connectivity index (χ1) is 15.6. The SMILES string of the molecule is CCOP(=O)(OCC)c1nc(C=Cc2ccccc2)oc1NCc1ccc2c(c1)OCO2. The summed E-state index contributed by atoms with van der Waals surface area (Å²) >= 11 is 0. The normalized spacial score (nSPS) is 13.1. The van der Waals surface area contributed by atoms with Crippen molar-refractivity contribution in [3.8, 4) is 11.5 Å². The fourth-order valence-corrected chi connectivity index (χ4v) is 4.76. The number of anilines is 1. The zero-order valence-electron chi connectivity index (χ0n) is 17.9. The van der Waals surface area contributed by atoms with Crippen LogP contribution in [-0.4, -0.2) is 25.0 Å². The maximum absolute atomic E-state index is 13.4. The zero-order chi connectivity index (χ0) is 22.4. The second kappa shape index (κ2) is 10.0. The average molecular weight is 456 g/mol. The van der Waals surface area contributed by atoms with Crippen LogP contribution in [0.4, 0.5) is 5.88 Å². The predicted octanol–water partition coefficient (Wildman–Crippen LogP) is 5.08. The lowest BCUT2D eigenvalue weighted by Crippen LogP contribution is -2.16. The number of hydrogen-bond donors (Lipinski definition) is 1. The van der Waals surface area contributed by atoms with Gasteiger partial charge in [-0.1, -0.05) is 36.4 Å². The van der Waals surface area contributed by atoms with Gasteiger partial charge in [-0.2, -0.15) is 4.98 Å². The average Bonchev–Trinajstić information content (AvgIpc) is 3.44. The van der Waals surface area contributed by atoms with E-state index < -0.39 is 7.60 Å². The van der Waals surface area contributed by atoms with Crippen molar-refractivity contribution in [3.63, 3.8) is 0 Å². The fraction of sp³-hybridized carbons (Fsp3) is 0.261. The molecule has 2 heterocycles. The molecule has 1 N–H and O–H groups in total. The van der Waals surface area contributed by atoms with E-state index in [1.807, 2.05) is 54.6 Å². The summed E-state index contributed by atoms with van der Waals surface area (Å²) in [7, 11) is -3.66. The molecule has 168 valence electrons. The molecule has 32 heavy (non-hydrogen) atoms. The van der Waals surface area contributed by atoms with Crippen molar-refractivity contribution < 1.29 is 27.5 Å². The molecule has 4 rings (SSSR count). The van der Waals surface area contributed by atoms with Crippen molar-refractivity contribution in [2.24, 2.45) is 0 Å². The van der Waals surface area contributed by atoms with Gasteiger partial charge in [-0.25, -0.2) is 0 Å². The number of aromatic nitrogens is 1. The van der Waals surface area contributed by atoms with Crippen LogP contribution in [-0.2, 0) is 20.2 Å². The Bertz CT molecular complexity index is 1120. The highest BCUT2D eigenvalue weighted by Crippen LogP contribution is 2.48. The standard InChI is InChI=1S/C23H25N2O6P/c1-3-29-32(26,30-4-2)23-22(24-15-18-10-12-19-20(14-18)28-16-27-19)31-21(25-23)13-11-17-8-6-5-7-9-17/h5-14,24H,3-4,15-16H2,1-2H3. The number of oxazole rings is 1. The molecule has 0 aliphatic carbocycles. The third kappa shape index (κ3) is 5.05. The van der Waals surface area contributed by atoms with E-state index in [0.717, 1.165) is 11.1 Å². The van der Waals surface area contributed by atoms with Crippen LogP contribution in [0, 0.1) is 0 Å². The summed E-state index contributed by atoms with van der Waals surface area (Å²) in [4.78, 5) is 4.43. The minimum atomic E-state index is -3.66. The molecule has 1 aliphatic rings. The van der Waals surface area contributed by atoms with Gasteiger partial charge in [0.2, 0.25) is 24.0 Å². The summed E-state index contributed by atoms with van der Waals surface area (Å²) in [6, 6.07) is 15.4. The second-order valence-electron chi connectivity index (χ2n) is 6.82. The molecular formula is C23H25N2O6P. The highest BCUT2D eigenvalue weighted by molar-refractivity contribution is 7.62. The highest BCUT2D eigenvalue weighted by atomic mass is 31.2. The number of hydrogen-bond acceptors (Lipinski definition) is 8. The Kier molecular flexibility index (Phi) is 6.95. The quantitative estimate of drug-likeness (QED) is 0.423. The number of rotatable bonds is 10. The molecule has 0 amide bonds. The van der Waals surface area contributed by atoms with E-state index >= 15 is 0 Å². The summed E-state index contributed by atoms with van der Waals surface area (Å²) in [6.45, 7) is 4.52. The van der Waals surface area contributed by atoms with Crippen molar-refractivity contribution >= 4 is 31.1 Å². The number of nitrogens with zero attached hydrogens (tertiary/aromatic N) is 1. The highest BCUT2D eigenvalue weighted by Gasteiger charge is 2.35. The van der Waals surface area contributed by atoms with E-state index in [1.54, 1.807) is 19.9 Å². The number of benzene rings is 2. The minimum absolute atomic E-state index is 0.120. The number of ether oxygens (including phenoxy) is 2. The van der Waals surface area contributed by atoms with E-state index in [2.05, 4.69) is 10.3 Å². The Morgan fingerprint density at radius 1 is 1.03 bits per heavy atom. The summed E-state index contributed by atoms with van der Waals surface area (Å²) in [5.41, 5.74) is 2.04. The van der Waals surface area contributed by atoms with Gasteiger partial charge in [-0.3, -0.25) is 4.57 Å². The van der Waals surface area contributed by atoms with Crippen molar-refractivity contribution in [1.82, 2.24) is 4.98 Å². The lowest BCUT2D eigenvalue weighted by Gasteiger charge is -2.15. The first-order valence-electron chi connectivity index (χ1n) is 10.4. The minimum Gasteiger partial charge on any atom is -0.454 e. The first-order valence-corrected chi connectivity index (χ1v) is 11.9. The van der Waals surface area contributed by atoms with Crippen molar-refractivity contribution in [3.05, 3.63) is 65.5 Å². The van der Waals surface area contributed by atoms with Crippen LogP contribution in [0.3, 0.4) is 0 Å². The number of fused-ring (bicyclic) bond motifs is 1. The maximum atomic E-state index is 13.4. The summed E-state index contributed by atoms with van der Waals surface area (Å²) in [5, 5.41) is 3.17. The molecule has 1 aromatic heterocycles. The topological polar surface area (TPSA) is 92.1 Å². The molecule has 0 saturated carbocycles. The van der Waals surface area contributed by atoms with E-state index in [-0.39, 0.29) is 37.2 Å². The van der Waals surface area contributed by atoms with Crippen LogP contribution in [0.5, 0.6) is 11.5 Å². The van der Waals surface area contributed by atoms with E-state index in [1.165, 1.54) is 0 Å². The first kappa shape index (κ1) is 22.1. The van der Waals surface area contributed by atoms with Gasteiger partial charge in [-0.15, -0.1) is 0 Å². The predicted molar refractivity (Wildman–Crippen MR) is 122 cm³/mol. The Balaban J connectivity index is 1.61. The van der Waals surface area contributed by atoms with Gasteiger partial charge in [-0.05, 0) is 43.2 Å². The van der Waals surface area contributed by atoms with Crippen LogP contribution in [0.25, 0.3) is 12.2 Å². The van der Waals surface area contributed by atoms with E-state index in [0.29, 0.717) is 18.0 Å². The van der Waals surface area contributed by atoms with Gasteiger partial charge >= 0.3 is 7.60 Å². The second-order valence-corrected chi connectivity index (χ2v) is 8.76. The van der Waals surface area contributed by atoms with E-state index in [9.17, 15) is 4.57 Å². The molecule has 1 aliphatic heterocycles. The number of nitrogens with one attached hydrogen (secondary N) is 1. The van der Waals surface area contributed by atoms with Crippen LogP contribution >= 0.6 is 7.60 Å². The molecule has 0 saturated heterocycles. The molecule has 0 bridgehead atoms. The molecular weight excluding hydrogens is 431 g/mol. The Labute approximate surface area is 186 Å². The molecule has 9 heteroatoms. The van der Waals surface area contributed by atoms with Gasteiger partial charge in [0, 0.05) is 12.6 Å². The van der Waals surface area contributed by atoms with Crippen molar-refractivity contribution in [2.75, 3.05) is 25.3 Å². The Morgan fingerprint density at radius 3 is 2.53 bits per heavy atom. The third-order valence-corrected chi connectivity index (χ3v) is 6.61. The van der Waals surface area contributed by atoms with Crippen molar-refractivity contribution in [2.45, 2.75) is 20.4 Å². The Hall–Kier alpha value is -3.06. The molecule has 3 aromatic rings. The van der Waals surface area contributed by atoms with Crippen molar-refractivity contribution in [1.29, 1.82) is 0 Å². The van der Waals surface area contributed by atoms with E-state index in [4.69, 9.17) is 22.9 Å². The molecule has 0 fully saturated rings. The summed E-state index contributed by atoms with van der Waals surface area (Å²) in [5.74, 6) is 1.92. The Morgan fingerprint density at radius 2 is 1.78 bits per heavy atom. The van der Waals surface area contributed by atoms with Crippen LogP contribution < -0.4 is 20.2 Å². The van der Waals surface area contributed by atoms with Crippen LogP contribution in [0.2, 0.25) is 0 Å².